The summed E-state index contributed by atoms with van der Waals surface area (Å²) < 4.78 is 12.6. The summed E-state index contributed by atoms with van der Waals surface area (Å²) >= 11 is 14.4. The number of benzene rings is 3. The molecule has 0 saturated carbocycles. The van der Waals surface area contributed by atoms with Gasteiger partial charge >= 0.3 is 6.03 Å². The number of carbonyl (C=O) groups is 3. The van der Waals surface area contributed by atoms with Gasteiger partial charge in [-0.15, -0.1) is 0 Å². The van der Waals surface area contributed by atoms with Gasteiger partial charge in [0.15, 0.2) is 11.5 Å². The molecule has 7 nitrogen and oxygen atoms in total. The van der Waals surface area contributed by atoms with Crippen molar-refractivity contribution in [3.05, 3.63) is 90.0 Å². The van der Waals surface area contributed by atoms with Crippen LogP contribution in [0.3, 0.4) is 0 Å². The lowest BCUT2D eigenvalue weighted by molar-refractivity contribution is -0.122. The minimum atomic E-state index is -0.792. The van der Waals surface area contributed by atoms with Gasteiger partial charge in [0.2, 0.25) is 0 Å². The number of hydrogen-bond acceptors (Lipinski definition) is 5. The Hall–Kier alpha value is -3.08. The second-order valence-electron chi connectivity index (χ2n) is 8.54. The maximum Gasteiger partial charge on any atom is 0.335 e. The summed E-state index contributed by atoms with van der Waals surface area (Å²) in [5.74, 6) is -0.556. The lowest BCUT2D eigenvalue weighted by Gasteiger charge is -2.28. The van der Waals surface area contributed by atoms with Crippen molar-refractivity contribution >= 4 is 75.4 Å². The van der Waals surface area contributed by atoms with Crippen LogP contribution in [0.5, 0.6) is 11.5 Å². The molecule has 0 spiro atoms. The molecule has 10 heteroatoms. The largest absolute Gasteiger partial charge is 0.490 e. The fourth-order valence-electron chi connectivity index (χ4n) is 3.87. The van der Waals surface area contributed by atoms with Crippen molar-refractivity contribution in [2.75, 3.05) is 11.5 Å². The van der Waals surface area contributed by atoms with Crippen molar-refractivity contribution in [2.24, 2.45) is 0 Å². The Bertz CT molecular complexity index is 1490. The second-order valence-corrected chi connectivity index (χ2v) is 10.5. The molecule has 0 aliphatic carbocycles. The maximum absolute atomic E-state index is 13.4. The number of rotatable bonds is 7. The molecule has 4 amide bonds. The number of hydrogen-bond donors (Lipinski definition) is 1. The van der Waals surface area contributed by atoms with Crippen molar-refractivity contribution in [1.29, 1.82) is 0 Å². The zero-order valence-corrected chi connectivity index (χ0v) is 24.4. The van der Waals surface area contributed by atoms with Gasteiger partial charge in [0, 0.05) is 15.6 Å². The number of nitrogens with zero attached hydrogens (tertiary/aromatic N) is 1. The molecule has 0 unspecified atom stereocenters. The third-order valence-corrected chi connectivity index (χ3v) is 7.13. The fourth-order valence-corrected chi connectivity index (χ4v) is 5.11. The van der Waals surface area contributed by atoms with E-state index in [2.05, 4.69) is 27.9 Å². The summed E-state index contributed by atoms with van der Waals surface area (Å²) in [6, 6.07) is 13.2. The fraction of sp³-hybridized carbons (Fsp3) is 0.179. The minimum Gasteiger partial charge on any atom is -0.490 e. The molecule has 1 N–H and O–H groups in total. The summed E-state index contributed by atoms with van der Waals surface area (Å²) in [6.45, 7) is 6.03. The number of aryl methyl sites for hydroxylation is 2. The molecular formula is C28H23Cl2IN2O5. The van der Waals surface area contributed by atoms with Gasteiger partial charge in [-0.3, -0.25) is 14.9 Å². The SMILES string of the molecule is CCOc1cc(/C=C2\C(=O)NC(=O)N(c3cc(C)ccc3C)C2=O)cc(I)c1OCc1ccc(Cl)cc1Cl. The predicted octanol–water partition coefficient (Wildman–Crippen LogP) is 6.86. The summed E-state index contributed by atoms with van der Waals surface area (Å²) in [4.78, 5) is 39.7. The molecule has 1 aliphatic heterocycles. The van der Waals surface area contributed by atoms with Crippen LogP contribution in [0.2, 0.25) is 10.0 Å². The van der Waals surface area contributed by atoms with Gasteiger partial charge < -0.3 is 9.47 Å². The summed E-state index contributed by atoms with van der Waals surface area (Å²) in [5, 5.41) is 3.28. The van der Waals surface area contributed by atoms with E-state index in [9.17, 15) is 14.4 Å². The molecule has 1 heterocycles. The Morgan fingerprint density at radius 3 is 2.47 bits per heavy atom. The van der Waals surface area contributed by atoms with Gasteiger partial charge in [-0.05, 0) is 96.5 Å². The molecule has 1 fully saturated rings. The number of carbonyl (C=O) groups excluding carboxylic acids is 3. The van der Waals surface area contributed by atoms with E-state index in [-0.39, 0.29) is 12.2 Å². The number of halogens is 3. The third kappa shape index (κ3) is 5.98. The maximum atomic E-state index is 13.4. The number of imide groups is 2. The van der Waals surface area contributed by atoms with Crippen molar-refractivity contribution in [3.8, 4) is 11.5 Å². The molecule has 196 valence electrons. The van der Waals surface area contributed by atoms with Gasteiger partial charge in [-0.2, -0.15) is 0 Å². The van der Waals surface area contributed by atoms with Crippen molar-refractivity contribution in [2.45, 2.75) is 27.4 Å². The zero-order chi connectivity index (χ0) is 27.6. The Labute approximate surface area is 243 Å². The van der Waals surface area contributed by atoms with Crippen LogP contribution in [0.25, 0.3) is 6.08 Å². The zero-order valence-electron chi connectivity index (χ0n) is 20.7. The first kappa shape index (κ1) is 27.9. The summed E-state index contributed by atoms with van der Waals surface area (Å²) in [5.41, 5.74) is 3.12. The summed E-state index contributed by atoms with van der Waals surface area (Å²) in [6.07, 6.45) is 1.44. The molecule has 0 radical (unpaired) electrons. The van der Waals surface area contributed by atoms with Crippen LogP contribution >= 0.6 is 45.8 Å². The van der Waals surface area contributed by atoms with Crippen LogP contribution in [-0.4, -0.2) is 24.5 Å². The monoisotopic (exact) mass is 664 g/mol. The Morgan fingerprint density at radius 2 is 1.76 bits per heavy atom. The van der Waals surface area contributed by atoms with Crippen LogP contribution < -0.4 is 19.7 Å². The number of barbiturate groups is 1. The lowest BCUT2D eigenvalue weighted by Crippen LogP contribution is -2.54. The second kappa shape index (κ2) is 11.8. The molecule has 38 heavy (non-hydrogen) atoms. The minimum absolute atomic E-state index is 0.176. The predicted molar refractivity (Wildman–Crippen MR) is 156 cm³/mol. The molecule has 4 rings (SSSR count). The highest BCUT2D eigenvalue weighted by Crippen LogP contribution is 2.36. The number of nitrogens with one attached hydrogen (secondary N) is 1. The van der Waals surface area contributed by atoms with E-state index in [4.69, 9.17) is 32.7 Å². The molecule has 3 aromatic rings. The first-order chi connectivity index (χ1) is 18.1. The van der Waals surface area contributed by atoms with Crippen LogP contribution in [0.1, 0.15) is 29.2 Å². The number of amides is 4. The van der Waals surface area contributed by atoms with E-state index in [1.807, 2.05) is 26.0 Å². The Morgan fingerprint density at radius 1 is 1.00 bits per heavy atom. The Kier molecular flexibility index (Phi) is 8.64. The highest BCUT2D eigenvalue weighted by molar-refractivity contribution is 14.1. The highest BCUT2D eigenvalue weighted by atomic mass is 127. The van der Waals surface area contributed by atoms with Crippen LogP contribution in [0.15, 0.2) is 54.1 Å². The number of anilines is 1. The topological polar surface area (TPSA) is 84.9 Å². The quantitative estimate of drug-likeness (QED) is 0.170. The van der Waals surface area contributed by atoms with Gasteiger partial charge in [0.05, 0.1) is 15.9 Å². The normalized spacial score (nSPS) is 14.6. The smallest absolute Gasteiger partial charge is 0.335 e. The molecule has 0 atom stereocenters. The molecule has 0 bridgehead atoms. The standard InChI is InChI=1S/C28H23Cl2IN2O5/c1-4-37-24-12-17(11-22(31)25(24)38-14-18-7-8-19(29)13-21(18)30)10-20-26(34)32-28(36)33(27(20)35)23-9-15(2)5-6-16(23)3/h5-13H,4,14H2,1-3H3,(H,32,34,36)/b20-10+. The van der Waals surface area contributed by atoms with E-state index in [1.54, 1.807) is 43.3 Å². The van der Waals surface area contributed by atoms with Crippen LogP contribution in [0, 0.1) is 17.4 Å². The molecule has 0 aromatic heterocycles. The van der Waals surface area contributed by atoms with Gasteiger partial charge in [-0.25, -0.2) is 9.69 Å². The van der Waals surface area contributed by atoms with Crippen LogP contribution in [0.4, 0.5) is 10.5 Å². The van der Waals surface area contributed by atoms with Crippen LogP contribution in [-0.2, 0) is 16.2 Å². The van der Waals surface area contributed by atoms with Crippen molar-refractivity contribution in [3.63, 3.8) is 0 Å². The average Bonchev–Trinajstić information content (AvgIpc) is 2.84. The highest BCUT2D eigenvalue weighted by Gasteiger charge is 2.37. The van der Waals surface area contributed by atoms with Gasteiger partial charge in [-0.1, -0.05) is 41.4 Å². The molecule has 1 aliphatic rings. The number of ether oxygens (including phenoxy) is 2. The molecular weight excluding hydrogens is 642 g/mol. The lowest BCUT2D eigenvalue weighted by atomic mass is 10.0. The van der Waals surface area contributed by atoms with E-state index in [1.165, 1.54) is 6.08 Å². The Balaban J connectivity index is 1.68. The number of urea groups is 1. The first-order valence-corrected chi connectivity index (χ1v) is 13.4. The van der Waals surface area contributed by atoms with E-state index in [0.717, 1.165) is 21.6 Å². The van der Waals surface area contributed by atoms with E-state index >= 15 is 0 Å². The van der Waals surface area contributed by atoms with Gasteiger partial charge in [0.25, 0.3) is 11.8 Å². The summed E-state index contributed by atoms with van der Waals surface area (Å²) in [7, 11) is 0. The molecule has 1 saturated heterocycles. The molecule has 3 aromatic carbocycles. The average molecular weight is 665 g/mol. The van der Waals surface area contributed by atoms with Crippen molar-refractivity contribution in [1.82, 2.24) is 5.32 Å². The van der Waals surface area contributed by atoms with E-state index < -0.39 is 17.8 Å². The first-order valence-electron chi connectivity index (χ1n) is 11.6. The van der Waals surface area contributed by atoms with Crippen molar-refractivity contribution < 1.29 is 23.9 Å². The van der Waals surface area contributed by atoms with E-state index in [0.29, 0.717) is 43.0 Å². The third-order valence-electron chi connectivity index (χ3n) is 5.74. The van der Waals surface area contributed by atoms with Gasteiger partial charge in [0.1, 0.15) is 12.2 Å².